The number of aromatic nitrogens is 2. The smallest absolute Gasteiger partial charge is 0.316 e. The molecule has 2 amide bonds. The molecule has 0 aliphatic heterocycles. The van der Waals surface area contributed by atoms with Crippen molar-refractivity contribution in [3.63, 3.8) is 0 Å². The van der Waals surface area contributed by atoms with Crippen LogP contribution in [0.15, 0.2) is 24.3 Å². The number of hydrogen-bond donors (Lipinski definition) is 2. The molecule has 1 aromatic heterocycles. The van der Waals surface area contributed by atoms with E-state index >= 15 is 0 Å². The molecule has 0 aliphatic carbocycles. The zero-order valence-electron chi connectivity index (χ0n) is 12.0. The molecular weight excluding hydrogens is 254 g/mol. The molecule has 2 N–H and O–H groups in total. The molecule has 20 heavy (non-hydrogen) atoms. The third-order valence-corrected chi connectivity index (χ3v) is 2.97. The fourth-order valence-corrected chi connectivity index (χ4v) is 1.88. The zero-order chi connectivity index (χ0) is 14.5. The highest BCUT2D eigenvalue weighted by atomic mass is 16.2. The second-order valence-corrected chi connectivity index (χ2v) is 4.73. The van der Waals surface area contributed by atoms with Gasteiger partial charge in [-0.15, -0.1) is 5.10 Å². The topological polar surface area (TPSA) is 70.1 Å². The quantitative estimate of drug-likeness (QED) is 0.831. The highest BCUT2D eigenvalue weighted by Crippen LogP contribution is 2.21. The number of urea groups is 1. The monoisotopic (exact) mass is 273 g/mol. The Kier molecular flexibility index (Phi) is 4.34. The molecule has 0 unspecified atom stereocenters. The third kappa shape index (κ3) is 3.14. The Balaban J connectivity index is 2.00. The molecule has 0 atom stereocenters. The molecule has 0 bridgehead atoms. The van der Waals surface area contributed by atoms with Gasteiger partial charge in [0.25, 0.3) is 0 Å². The standard InChI is InChI=1S/C14H19N5O/c1-10-11-6-4-5-7-12(11)13(18-17-10)15-8-9-16-14(20)19(2)3/h4-7H,8-9H2,1-3H3,(H,15,18)(H,16,20). The number of aryl methyl sites for hydroxylation is 1. The summed E-state index contributed by atoms with van der Waals surface area (Å²) in [6.07, 6.45) is 0. The second kappa shape index (κ2) is 6.18. The number of rotatable bonds is 4. The predicted molar refractivity (Wildman–Crippen MR) is 79.9 cm³/mol. The van der Waals surface area contributed by atoms with Crippen molar-refractivity contribution in [2.24, 2.45) is 0 Å². The van der Waals surface area contributed by atoms with Crippen LogP contribution in [-0.4, -0.2) is 48.3 Å². The first kappa shape index (κ1) is 14.0. The van der Waals surface area contributed by atoms with Crippen molar-refractivity contribution in [2.45, 2.75) is 6.92 Å². The minimum absolute atomic E-state index is 0.105. The summed E-state index contributed by atoms with van der Waals surface area (Å²) in [4.78, 5) is 12.9. The van der Waals surface area contributed by atoms with E-state index in [0.29, 0.717) is 13.1 Å². The summed E-state index contributed by atoms with van der Waals surface area (Å²) in [7, 11) is 3.42. The van der Waals surface area contributed by atoms with E-state index in [0.717, 1.165) is 22.3 Å². The first-order chi connectivity index (χ1) is 9.59. The van der Waals surface area contributed by atoms with Gasteiger partial charge < -0.3 is 15.5 Å². The first-order valence-electron chi connectivity index (χ1n) is 6.50. The minimum atomic E-state index is -0.105. The van der Waals surface area contributed by atoms with Gasteiger partial charge in [0.05, 0.1) is 5.69 Å². The summed E-state index contributed by atoms with van der Waals surface area (Å²) in [6, 6.07) is 7.89. The van der Waals surface area contributed by atoms with Gasteiger partial charge in [-0.1, -0.05) is 24.3 Å². The molecule has 1 aromatic carbocycles. The maximum absolute atomic E-state index is 11.4. The number of carbonyl (C=O) groups excluding carboxylic acids is 1. The highest BCUT2D eigenvalue weighted by Gasteiger charge is 2.06. The average Bonchev–Trinajstić information content (AvgIpc) is 2.45. The van der Waals surface area contributed by atoms with Crippen molar-refractivity contribution in [3.8, 4) is 0 Å². The lowest BCUT2D eigenvalue weighted by molar-refractivity contribution is 0.218. The Morgan fingerprint density at radius 2 is 1.85 bits per heavy atom. The molecule has 0 saturated carbocycles. The largest absolute Gasteiger partial charge is 0.366 e. The molecule has 0 fully saturated rings. The molecule has 0 saturated heterocycles. The molecule has 106 valence electrons. The average molecular weight is 273 g/mol. The number of benzene rings is 1. The molecule has 6 heteroatoms. The van der Waals surface area contributed by atoms with Crippen molar-refractivity contribution in [3.05, 3.63) is 30.0 Å². The molecular formula is C14H19N5O. The SMILES string of the molecule is Cc1nnc(NCCNC(=O)N(C)C)c2ccccc12. The van der Waals surface area contributed by atoms with E-state index < -0.39 is 0 Å². The number of nitrogens with one attached hydrogen (secondary N) is 2. The van der Waals surface area contributed by atoms with E-state index in [4.69, 9.17) is 0 Å². The summed E-state index contributed by atoms with van der Waals surface area (Å²) in [6.45, 7) is 3.07. The molecule has 0 radical (unpaired) electrons. The molecule has 2 rings (SSSR count). The van der Waals surface area contributed by atoms with Crippen LogP contribution in [0.2, 0.25) is 0 Å². The fourth-order valence-electron chi connectivity index (χ4n) is 1.88. The lowest BCUT2D eigenvalue weighted by Crippen LogP contribution is -2.37. The summed E-state index contributed by atoms with van der Waals surface area (Å²) in [5, 5.41) is 16.4. The van der Waals surface area contributed by atoms with Gasteiger partial charge in [-0.05, 0) is 6.92 Å². The lowest BCUT2D eigenvalue weighted by atomic mass is 10.1. The van der Waals surface area contributed by atoms with Gasteiger partial charge in [-0.25, -0.2) is 4.79 Å². The predicted octanol–water partition coefficient (Wildman–Crippen LogP) is 1.62. The van der Waals surface area contributed by atoms with Gasteiger partial charge in [0.1, 0.15) is 0 Å². The van der Waals surface area contributed by atoms with Crippen molar-refractivity contribution < 1.29 is 4.79 Å². The van der Waals surface area contributed by atoms with Crippen molar-refractivity contribution in [1.29, 1.82) is 0 Å². The van der Waals surface area contributed by atoms with Crippen LogP contribution in [-0.2, 0) is 0 Å². The van der Waals surface area contributed by atoms with E-state index in [9.17, 15) is 4.79 Å². The first-order valence-corrected chi connectivity index (χ1v) is 6.50. The van der Waals surface area contributed by atoms with Crippen molar-refractivity contribution in [2.75, 3.05) is 32.5 Å². The van der Waals surface area contributed by atoms with Gasteiger partial charge in [0.2, 0.25) is 0 Å². The molecule has 6 nitrogen and oxygen atoms in total. The van der Waals surface area contributed by atoms with Gasteiger partial charge in [-0.3, -0.25) is 0 Å². The molecule has 0 aliphatic rings. The Bertz CT molecular complexity index is 612. The molecule has 1 heterocycles. The minimum Gasteiger partial charge on any atom is -0.366 e. The maximum Gasteiger partial charge on any atom is 0.316 e. The van der Waals surface area contributed by atoms with E-state index in [2.05, 4.69) is 20.8 Å². The summed E-state index contributed by atoms with van der Waals surface area (Å²) in [5.74, 6) is 0.741. The van der Waals surface area contributed by atoms with Gasteiger partial charge >= 0.3 is 6.03 Å². The van der Waals surface area contributed by atoms with Crippen LogP contribution < -0.4 is 10.6 Å². The number of fused-ring (bicyclic) bond motifs is 1. The molecule has 0 spiro atoms. The van der Waals surface area contributed by atoms with Crippen LogP contribution in [0.5, 0.6) is 0 Å². The summed E-state index contributed by atoms with van der Waals surface area (Å²) >= 11 is 0. The number of carbonyl (C=O) groups is 1. The van der Waals surface area contributed by atoms with Crippen LogP contribution in [0.4, 0.5) is 10.6 Å². The number of nitrogens with zero attached hydrogens (tertiary/aromatic N) is 3. The van der Waals surface area contributed by atoms with E-state index in [1.807, 2.05) is 31.2 Å². The van der Waals surface area contributed by atoms with Crippen LogP contribution in [0.25, 0.3) is 10.8 Å². The van der Waals surface area contributed by atoms with Crippen molar-refractivity contribution in [1.82, 2.24) is 20.4 Å². The van der Waals surface area contributed by atoms with E-state index in [-0.39, 0.29) is 6.03 Å². The van der Waals surface area contributed by atoms with E-state index in [1.165, 1.54) is 4.90 Å². The lowest BCUT2D eigenvalue weighted by Gasteiger charge is -2.13. The highest BCUT2D eigenvalue weighted by molar-refractivity contribution is 5.92. The van der Waals surface area contributed by atoms with E-state index in [1.54, 1.807) is 14.1 Å². The molecule has 2 aromatic rings. The number of hydrogen-bond acceptors (Lipinski definition) is 4. The Hall–Kier alpha value is -2.37. The van der Waals surface area contributed by atoms with Crippen molar-refractivity contribution >= 4 is 22.6 Å². The Morgan fingerprint density at radius 3 is 2.55 bits per heavy atom. The Labute approximate surface area is 118 Å². The number of anilines is 1. The second-order valence-electron chi connectivity index (χ2n) is 4.73. The summed E-state index contributed by atoms with van der Waals surface area (Å²) < 4.78 is 0. The normalized spacial score (nSPS) is 10.3. The van der Waals surface area contributed by atoms with Gasteiger partial charge in [0, 0.05) is 38.0 Å². The van der Waals surface area contributed by atoms with Crippen LogP contribution in [0.3, 0.4) is 0 Å². The van der Waals surface area contributed by atoms with Crippen LogP contribution in [0, 0.1) is 6.92 Å². The number of amides is 2. The maximum atomic E-state index is 11.4. The van der Waals surface area contributed by atoms with Crippen LogP contribution >= 0.6 is 0 Å². The Morgan fingerprint density at radius 1 is 1.15 bits per heavy atom. The third-order valence-electron chi connectivity index (χ3n) is 2.97. The zero-order valence-corrected chi connectivity index (χ0v) is 12.0. The van der Waals surface area contributed by atoms with Gasteiger partial charge in [0.15, 0.2) is 5.82 Å². The van der Waals surface area contributed by atoms with Gasteiger partial charge in [-0.2, -0.15) is 5.10 Å². The summed E-state index contributed by atoms with van der Waals surface area (Å²) in [5.41, 5.74) is 0.909. The van der Waals surface area contributed by atoms with Crippen LogP contribution in [0.1, 0.15) is 5.69 Å². The fraction of sp³-hybridized carbons (Fsp3) is 0.357.